The summed E-state index contributed by atoms with van der Waals surface area (Å²) in [6, 6.07) is 13.6. The summed E-state index contributed by atoms with van der Waals surface area (Å²) in [6.45, 7) is 2.64. The van der Waals surface area contributed by atoms with E-state index in [-0.39, 0.29) is 25.1 Å². The van der Waals surface area contributed by atoms with E-state index >= 15 is 0 Å². The van der Waals surface area contributed by atoms with E-state index in [2.05, 4.69) is 26.5 Å². The van der Waals surface area contributed by atoms with Gasteiger partial charge in [-0.3, -0.25) is 0 Å². The fourth-order valence-corrected chi connectivity index (χ4v) is 4.50. The van der Waals surface area contributed by atoms with Crippen LogP contribution in [-0.2, 0) is 11.2 Å². The minimum absolute atomic E-state index is 0. The van der Waals surface area contributed by atoms with Crippen molar-refractivity contribution in [2.75, 3.05) is 50.2 Å². The van der Waals surface area contributed by atoms with Crippen LogP contribution in [0.1, 0.15) is 24.0 Å². The molecule has 2 N–H and O–H groups in total. The van der Waals surface area contributed by atoms with Crippen LogP contribution in [0.4, 0.5) is 11.6 Å². The molecule has 0 saturated carbocycles. The molecule has 0 radical (unpaired) electrons. The van der Waals surface area contributed by atoms with E-state index < -0.39 is 0 Å². The number of methoxy groups -OCH3 is 1. The molecule has 1 fully saturated rings. The smallest absolute Gasteiger partial charge is 0.159 e. The molecule has 1 aromatic heterocycles. The molecule has 186 valence electrons. The van der Waals surface area contributed by atoms with Gasteiger partial charge in [-0.2, -0.15) is 5.26 Å². The molecular formula is C25H29Cl2N5O3. The van der Waals surface area contributed by atoms with Crippen LogP contribution in [0.25, 0.3) is 10.8 Å². The molecular weight excluding hydrogens is 489 g/mol. The zero-order valence-corrected chi connectivity index (χ0v) is 21.1. The number of aliphatic hydroxyl groups is 1. The van der Waals surface area contributed by atoms with Crippen molar-refractivity contribution in [3.8, 4) is 11.8 Å². The van der Waals surface area contributed by atoms with Crippen molar-refractivity contribution in [1.82, 2.24) is 10.2 Å². The van der Waals surface area contributed by atoms with Gasteiger partial charge < -0.3 is 24.8 Å². The number of aliphatic hydroxyl groups excluding tert-OH is 1. The number of nitriles is 1. The van der Waals surface area contributed by atoms with Crippen molar-refractivity contribution in [2.24, 2.45) is 0 Å². The van der Waals surface area contributed by atoms with E-state index in [0.29, 0.717) is 35.3 Å². The molecule has 10 heteroatoms. The number of anilines is 2. The number of benzene rings is 2. The second kappa shape index (κ2) is 12.8. The van der Waals surface area contributed by atoms with E-state index in [9.17, 15) is 5.26 Å². The van der Waals surface area contributed by atoms with Gasteiger partial charge in [0.05, 0.1) is 43.1 Å². The minimum Gasteiger partial charge on any atom is -0.495 e. The quantitative estimate of drug-likeness (QED) is 0.434. The SMILES string of the molecule is COc1ccc(CCNc2nnc(N3CCC(OCCO)CC3)c3ccc(C#N)cc23)cc1Cl.Cl. The second-order valence-electron chi connectivity index (χ2n) is 8.17. The van der Waals surface area contributed by atoms with Crippen LogP contribution in [0.3, 0.4) is 0 Å². The van der Waals surface area contributed by atoms with Gasteiger partial charge in [0, 0.05) is 30.4 Å². The zero-order chi connectivity index (χ0) is 23.9. The molecule has 0 amide bonds. The molecule has 2 aromatic carbocycles. The third-order valence-corrected chi connectivity index (χ3v) is 6.29. The van der Waals surface area contributed by atoms with Gasteiger partial charge in [0.1, 0.15) is 5.75 Å². The first-order valence-corrected chi connectivity index (χ1v) is 11.7. The third-order valence-electron chi connectivity index (χ3n) is 6.00. The van der Waals surface area contributed by atoms with Gasteiger partial charge in [-0.1, -0.05) is 17.7 Å². The van der Waals surface area contributed by atoms with E-state index in [0.717, 1.165) is 54.5 Å². The molecule has 1 saturated heterocycles. The number of hydrogen-bond acceptors (Lipinski definition) is 8. The van der Waals surface area contributed by atoms with Crippen LogP contribution in [0.2, 0.25) is 5.02 Å². The van der Waals surface area contributed by atoms with Gasteiger partial charge in [-0.25, -0.2) is 0 Å². The fraction of sp³-hybridized carbons (Fsp3) is 0.400. The maximum Gasteiger partial charge on any atom is 0.159 e. The number of hydrogen-bond donors (Lipinski definition) is 2. The standard InChI is InChI=1S/C25H28ClN5O3.ClH/c1-33-23-5-3-17(15-22(23)26)6-9-28-24-21-14-18(16-27)2-4-20(21)25(30-29-24)31-10-7-19(8-11-31)34-13-12-32;/h2-5,14-15,19,32H,6-13H2,1H3,(H,28,29);1H. The molecule has 2 heterocycles. The number of ether oxygens (including phenoxy) is 2. The number of rotatable bonds is 9. The van der Waals surface area contributed by atoms with Gasteiger partial charge in [-0.15, -0.1) is 22.6 Å². The lowest BCUT2D eigenvalue weighted by atomic mass is 10.1. The van der Waals surface area contributed by atoms with Crippen LogP contribution in [0.5, 0.6) is 5.75 Å². The first-order chi connectivity index (χ1) is 16.6. The first-order valence-electron chi connectivity index (χ1n) is 11.4. The lowest BCUT2D eigenvalue weighted by molar-refractivity contribution is 0.0158. The highest BCUT2D eigenvalue weighted by Crippen LogP contribution is 2.31. The first kappa shape index (κ1) is 26.8. The second-order valence-corrected chi connectivity index (χ2v) is 8.58. The minimum atomic E-state index is 0. The van der Waals surface area contributed by atoms with Crippen molar-refractivity contribution in [3.63, 3.8) is 0 Å². The number of aromatic nitrogens is 2. The molecule has 1 aliphatic heterocycles. The van der Waals surface area contributed by atoms with Gasteiger partial charge in [0.25, 0.3) is 0 Å². The molecule has 8 nitrogen and oxygen atoms in total. The van der Waals surface area contributed by atoms with E-state index in [1.165, 1.54) is 0 Å². The van der Waals surface area contributed by atoms with Crippen LogP contribution in [0.15, 0.2) is 36.4 Å². The monoisotopic (exact) mass is 517 g/mol. The Hall–Kier alpha value is -2.83. The van der Waals surface area contributed by atoms with Crippen molar-refractivity contribution >= 4 is 46.4 Å². The van der Waals surface area contributed by atoms with Gasteiger partial charge >= 0.3 is 0 Å². The Morgan fingerprint density at radius 2 is 1.97 bits per heavy atom. The largest absolute Gasteiger partial charge is 0.495 e. The molecule has 0 unspecified atom stereocenters. The number of nitrogens with zero attached hydrogens (tertiary/aromatic N) is 4. The number of nitrogens with one attached hydrogen (secondary N) is 1. The summed E-state index contributed by atoms with van der Waals surface area (Å²) in [5.74, 6) is 2.11. The van der Waals surface area contributed by atoms with Crippen molar-refractivity contribution < 1.29 is 14.6 Å². The molecule has 0 spiro atoms. The summed E-state index contributed by atoms with van der Waals surface area (Å²) >= 11 is 6.24. The molecule has 4 rings (SSSR count). The topological polar surface area (TPSA) is 104 Å². The highest BCUT2D eigenvalue weighted by Gasteiger charge is 2.23. The Morgan fingerprint density at radius 1 is 1.17 bits per heavy atom. The Labute approximate surface area is 216 Å². The summed E-state index contributed by atoms with van der Waals surface area (Å²) < 4.78 is 10.9. The van der Waals surface area contributed by atoms with Gasteiger partial charge in [0.2, 0.25) is 0 Å². The third kappa shape index (κ3) is 6.44. The van der Waals surface area contributed by atoms with Crippen LogP contribution >= 0.6 is 24.0 Å². The Morgan fingerprint density at radius 3 is 2.66 bits per heavy atom. The summed E-state index contributed by atoms with van der Waals surface area (Å²) in [4.78, 5) is 2.21. The Bertz CT molecular complexity index is 1180. The number of halogens is 2. The predicted molar refractivity (Wildman–Crippen MR) is 140 cm³/mol. The fourth-order valence-electron chi connectivity index (χ4n) is 4.22. The molecule has 3 aromatic rings. The lowest BCUT2D eigenvalue weighted by Crippen LogP contribution is -2.38. The van der Waals surface area contributed by atoms with Crippen LogP contribution < -0.4 is 15.0 Å². The maximum atomic E-state index is 9.43. The predicted octanol–water partition coefficient (Wildman–Crippen LogP) is 4.22. The molecule has 0 aliphatic carbocycles. The molecule has 0 bridgehead atoms. The summed E-state index contributed by atoms with van der Waals surface area (Å²) in [7, 11) is 1.60. The zero-order valence-electron chi connectivity index (χ0n) is 19.5. The maximum absolute atomic E-state index is 9.43. The Kier molecular flexibility index (Phi) is 9.75. The van der Waals surface area contributed by atoms with E-state index in [4.69, 9.17) is 26.2 Å². The van der Waals surface area contributed by atoms with Crippen LogP contribution in [-0.4, -0.2) is 61.4 Å². The van der Waals surface area contributed by atoms with E-state index in [1.54, 1.807) is 7.11 Å². The van der Waals surface area contributed by atoms with E-state index in [1.807, 2.05) is 36.4 Å². The summed E-state index contributed by atoms with van der Waals surface area (Å²) in [5.41, 5.74) is 1.66. The number of fused-ring (bicyclic) bond motifs is 1. The normalized spacial score (nSPS) is 13.8. The molecule has 0 atom stereocenters. The molecule has 35 heavy (non-hydrogen) atoms. The molecule has 1 aliphatic rings. The van der Waals surface area contributed by atoms with Crippen LogP contribution in [0, 0.1) is 11.3 Å². The average Bonchev–Trinajstić information content (AvgIpc) is 2.87. The van der Waals surface area contributed by atoms with Gasteiger partial charge in [0.15, 0.2) is 11.6 Å². The highest BCUT2D eigenvalue weighted by molar-refractivity contribution is 6.32. The Balaban J connectivity index is 0.00000342. The van der Waals surface area contributed by atoms with Crippen molar-refractivity contribution in [2.45, 2.75) is 25.4 Å². The lowest BCUT2D eigenvalue weighted by Gasteiger charge is -2.33. The number of piperidine rings is 1. The summed E-state index contributed by atoms with van der Waals surface area (Å²) in [5, 5.41) is 33.2. The van der Waals surface area contributed by atoms with Crippen molar-refractivity contribution in [1.29, 1.82) is 5.26 Å². The van der Waals surface area contributed by atoms with Gasteiger partial charge in [-0.05, 0) is 55.2 Å². The highest BCUT2D eigenvalue weighted by atomic mass is 35.5. The summed E-state index contributed by atoms with van der Waals surface area (Å²) in [6.07, 6.45) is 2.63. The average molecular weight is 518 g/mol. The van der Waals surface area contributed by atoms with Crippen molar-refractivity contribution in [3.05, 3.63) is 52.5 Å².